The number of hydrogen-bond acceptors (Lipinski definition) is 4. The molecule has 0 aliphatic heterocycles. The van der Waals surface area contributed by atoms with Gasteiger partial charge in [0.25, 0.3) is 0 Å². The summed E-state index contributed by atoms with van der Waals surface area (Å²) in [4.78, 5) is 26.0. The summed E-state index contributed by atoms with van der Waals surface area (Å²) >= 11 is 5.71. The molecule has 0 aliphatic rings. The van der Waals surface area contributed by atoms with Crippen molar-refractivity contribution >= 4 is 23.5 Å². The molecule has 19 heavy (non-hydrogen) atoms. The average Bonchev–Trinajstić information content (AvgIpc) is 2.41. The van der Waals surface area contributed by atoms with Gasteiger partial charge in [0.15, 0.2) is 0 Å². The Bertz CT molecular complexity index is 608. The van der Waals surface area contributed by atoms with Crippen molar-refractivity contribution < 1.29 is 19.4 Å². The van der Waals surface area contributed by atoms with Crippen LogP contribution in [0.4, 0.5) is 0 Å². The van der Waals surface area contributed by atoms with Crippen molar-refractivity contribution in [3.05, 3.63) is 58.9 Å². The number of aromatic nitrogens is 1. The van der Waals surface area contributed by atoms with E-state index in [2.05, 4.69) is 4.98 Å². The van der Waals surface area contributed by atoms with Crippen LogP contribution < -0.4 is 4.74 Å². The summed E-state index contributed by atoms with van der Waals surface area (Å²) in [7, 11) is 0. The standard InChI is InChI=1S/C13H8ClNO4/c14-9-2-4-10(5-3-9)19-13(18)8-1-6-11(12(16)17)15-7-8/h1-7H,(H,16,17). The fourth-order valence-electron chi connectivity index (χ4n) is 1.31. The number of carbonyl (C=O) groups excluding carboxylic acids is 1. The van der Waals surface area contributed by atoms with Crippen molar-refractivity contribution in [1.29, 1.82) is 0 Å². The lowest BCUT2D eigenvalue weighted by Crippen LogP contribution is -2.10. The van der Waals surface area contributed by atoms with Crippen LogP contribution in [-0.2, 0) is 0 Å². The molecule has 1 N–H and O–H groups in total. The lowest BCUT2D eigenvalue weighted by Gasteiger charge is -2.04. The van der Waals surface area contributed by atoms with Crippen molar-refractivity contribution in [1.82, 2.24) is 4.98 Å². The zero-order chi connectivity index (χ0) is 13.8. The van der Waals surface area contributed by atoms with Crippen LogP contribution in [0.5, 0.6) is 5.75 Å². The fraction of sp³-hybridized carbons (Fsp3) is 0. The number of carboxylic acid groups (broad SMARTS) is 1. The highest BCUT2D eigenvalue weighted by Crippen LogP contribution is 2.16. The number of halogens is 1. The maximum absolute atomic E-state index is 11.7. The SMILES string of the molecule is O=C(Oc1ccc(Cl)cc1)c1ccc(C(=O)O)nc1. The Hall–Kier alpha value is -2.40. The Balaban J connectivity index is 2.11. The molecule has 2 aromatic rings. The maximum atomic E-state index is 11.7. The smallest absolute Gasteiger partial charge is 0.354 e. The summed E-state index contributed by atoms with van der Waals surface area (Å²) < 4.78 is 5.07. The zero-order valence-electron chi connectivity index (χ0n) is 9.54. The van der Waals surface area contributed by atoms with E-state index < -0.39 is 11.9 Å². The van der Waals surface area contributed by atoms with Gasteiger partial charge in [-0.25, -0.2) is 14.6 Å². The summed E-state index contributed by atoms with van der Waals surface area (Å²) in [6.45, 7) is 0. The molecular formula is C13H8ClNO4. The number of benzene rings is 1. The van der Waals surface area contributed by atoms with E-state index in [1.54, 1.807) is 24.3 Å². The summed E-state index contributed by atoms with van der Waals surface area (Å²) in [6, 6.07) is 8.87. The molecular weight excluding hydrogens is 270 g/mol. The van der Waals surface area contributed by atoms with E-state index in [1.165, 1.54) is 12.1 Å². The largest absolute Gasteiger partial charge is 0.477 e. The molecule has 0 atom stereocenters. The highest BCUT2D eigenvalue weighted by Gasteiger charge is 2.11. The molecule has 0 aliphatic carbocycles. The first-order chi connectivity index (χ1) is 9.06. The van der Waals surface area contributed by atoms with Crippen LogP contribution in [-0.4, -0.2) is 22.0 Å². The van der Waals surface area contributed by atoms with E-state index in [0.717, 1.165) is 6.20 Å². The summed E-state index contributed by atoms with van der Waals surface area (Å²) in [5, 5.41) is 9.22. The van der Waals surface area contributed by atoms with E-state index in [4.69, 9.17) is 21.4 Å². The molecule has 6 heteroatoms. The van der Waals surface area contributed by atoms with E-state index in [-0.39, 0.29) is 11.3 Å². The quantitative estimate of drug-likeness (QED) is 0.689. The van der Waals surface area contributed by atoms with E-state index >= 15 is 0 Å². The van der Waals surface area contributed by atoms with Gasteiger partial charge in [-0.3, -0.25) is 0 Å². The first-order valence-corrected chi connectivity index (χ1v) is 5.61. The molecule has 1 aromatic carbocycles. The van der Waals surface area contributed by atoms with Crippen LogP contribution in [0.2, 0.25) is 5.02 Å². The highest BCUT2D eigenvalue weighted by molar-refractivity contribution is 6.30. The number of aromatic carboxylic acids is 1. The Morgan fingerprint density at radius 2 is 1.79 bits per heavy atom. The van der Waals surface area contributed by atoms with Gasteiger partial charge in [0.2, 0.25) is 0 Å². The highest BCUT2D eigenvalue weighted by atomic mass is 35.5. The van der Waals surface area contributed by atoms with E-state index in [9.17, 15) is 9.59 Å². The van der Waals surface area contributed by atoms with Crippen molar-refractivity contribution in [3.8, 4) is 5.75 Å². The van der Waals surface area contributed by atoms with Gasteiger partial charge in [0.05, 0.1) is 5.56 Å². The Labute approximate surface area is 113 Å². The molecule has 1 heterocycles. The number of ether oxygens (including phenoxy) is 1. The van der Waals surface area contributed by atoms with E-state index in [0.29, 0.717) is 10.8 Å². The van der Waals surface area contributed by atoms with Crippen molar-refractivity contribution in [3.63, 3.8) is 0 Å². The topological polar surface area (TPSA) is 76.5 Å². The molecule has 0 amide bonds. The number of pyridine rings is 1. The minimum atomic E-state index is -1.15. The first kappa shape index (κ1) is 13.0. The second kappa shape index (κ2) is 5.49. The third kappa shape index (κ3) is 3.29. The number of hydrogen-bond donors (Lipinski definition) is 1. The molecule has 0 saturated heterocycles. The number of esters is 1. The number of carbonyl (C=O) groups is 2. The van der Waals surface area contributed by atoms with Gasteiger partial charge in [-0.2, -0.15) is 0 Å². The third-order valence-corrected chi connectivity index (χ3v) is 2.49. The molecule has 0 saturated carbocycles. The molecule has 0 fully saturated rings. The van der Waals surface area contributed by atoms with Crippen LogP contribution in [0.1, 0.15) is 20.8 Å². The molecule has 0 radical (unpaired) electrons. The molecule has 96 valence electrons. The van der Waals surface area contributed by atoms with E-state index in [1.807, 2.05) is 0 Å². The van der Waals surface area contributed by atoms with Crippen molar-refractivity contribution in [2.75, 3.05) is 0 Å². The Morgan fingerprint density at radius 1 is 1.11 bits per heavy atom. The number of carboxylic acids is 1. The van der Waals surface area contributed by atoms with Gasteiger partial charge in [0, 0.05) is 11.2 Å². The third-order valence-electron chi connectivity index (χ3n) is 2.24. The van der Waals surface area contributed by atoms with Gasteiger partial charge in [-0.1, -0.05) is 11.6 Å². The Morgan fingerprint density at radius 3 is 2.32 bits per heavy atom. The predicted molar refractivity (Wildman–Crippen MR) is 67.6 cm³/mol. The van der Waals surface area contributed by atoms with Crippen LogP contribution in [0.25, 0.3) is 0 Å². The second-order valence-corrected chi connectivity index (χ2v) is 4.02. The van der Waals surface area contributed by atoms with Gasteiger partial charge < -0.3 is 9.84 Å². The molecule has 0 bridgehead atoms. The molecule has 1 aromatic heterocycles. The van der Waals surface area contributed by atoms with Crippen LogP contribution in [0.3, 0.4) is 0 Å². The summed E-state index contributed by atoms with van der Waals surface area (Å²) in [5.41, 5.74) is 0.0305. The summed E-state index contributed by atoms with van der Waals surface area (Å²) in [5.74, 6) is -1.43. The van der Waals surface area contributed by atoms with Gasteiger partial charge in [0.1, 0.15) is 11.4 Å². The molecule has 0 unspecified atom stereocenters. The zero-order valence-corrected chi connectivity index (χ0v) is 10.3. The second-order valence-electron chi connectivity index (χ2n) is 3.58. The molecule has 0 spiro atoms. The van der Waals surface area contributed by atoms with Crippen LogP contribution in [0, 0.1) is 0 Å². The minimum Gasteiger partial charge on any atom is -0.477 e. The number of nitrogens with zero attached hydrogens (tertiary/aromatic N) is 1. The van der Waals surface area contributed by atoms with Gasteiger partial charge >= 0.3 is 11.9 Å². The monoisotopic (exact) mass is 277 g/mol. The lowest BCUT2D eigenvalue weighted by molar-refractivity contribution is 0.0685. The molecule has 5 nitrogen and oxygen atoms in total. The lowest BCUT2D eigenvalue weighted by atomic mass is 10.2. The maximum Gasteiger partial charge on any atom is 0.354 e. The first-order valence-electron chi connectivity index (χ1n) is 5.23. The molecule has 2 rings (SSSR count). The van der Waals surface area contributed by atoms with Gasteiger partial charge in [-0.05, 0) is 36.4 Å². The number of rotatable bonds is 3. The predicted octanol–water partition coefficient (Wildman–Crippen LogP) is 2.65. The van der Waals surface area contributed by atoms with Crippen molar-refractivity contribution in [2.45, 2.75) is 0 Å². The normalized spacial score (nSPS) is 9.95. The van der Waals surface area contributed by atoms with Gasteiger partial charge in [-0.15, -0.1) is 0 Å². The van der Waals surface area contributed by atoms with Crippen LogP contribution >= 0.6 is 11.6 Å². The summed E-state index contributed by atoms with van der Waals surface area (Å²) in [6.07, 6.45) is 1.15. The minimum absolute atomic E-state index is 0.136. The fourth-order valence-corrected chi connectivity index (χ4v) is 1.44. The van der Waals surface area contributed by atoms with Crippen LogP contribution in [0.15, 0.2) is 42.6 Å². The Kier molecular flexibility index (Phi) is 3.77. The van der Waals surface area contributed by atoms with Crippen molar-refractivity contribution in [2.24, 2.45) is 0 Å². The average molecular weight is 278 g/mol.